The lowest BCUT2D eigenvalue weighted by molar-refractivity contribution is -0.116. The number of nitrogens with one attached hydrogen (secondary N) is 2. The molecule has 1 aliphatic heterocycles. The molecule has 0 saturated heterocycles. The van der Waals surface area contributed by atoms with Gasteiger partial charge in [0.1, 0.15) is 17.5 Å². The van der Waals surface area contributed by atoms with E-state index in [-0.39, 0.29) is 17.9 Å². The van der Waals surface area contributed by atoms with Crippen LogP contribution in [-0.4, -0.2) is 25.7 Å². The van der Waals surface area contributed by atoms with Gasteiger partial charge < -0.3 is 10.3 Å². The molecule has 28 heavy (non-hydrogen) atoms. The van der Waals surface area contributed by atoms with E-state index in [1.165, 1.54) is 16.8 Å². The van der Waals surface area contributed by atoms with Gasteiger partial charge in [-0.1, -0.05) is 18.2 Å². The summed E-state index contributed by atoms with van der Waals surface area (Å²) in [6.45, 7) is 1.80. The van der Waals surface area contributed by atoms with Crippen molar-refractivity contribution >= 4 is 22.8 Å². The van der Waals surface area contributed by atoms with E-state index in [0.717, 1.165) is 17.1 Å². The largest absolute Gasteiger partial charge is 0.322 e. The number of nitrogens with zero attached hydrogens (tertiary/aromatic N) is 3. The van der Waals surface area contributed by atoms with Gasteiger partial charge in [0.2, 0.25) is 11.9 Å². The number of aryl methyl sites for hydroxylation is 1. The molecule has 3 heterocycles. The van der Waals surface area contributed by atoms with Crippen molar-refractivity contribution in [3.05, 3.63) is 70.9 Å². The van der Waals surface area contributed by atoms with Crippen LogP contribution in [0.15, 0.2) is 42.5 Å². The molecule has 0 spiro atoms. The zero-order valence-electron chi connectivity index (χ0n) is 14.8. The smallest absolute Gasteiger partial charge is 0.231 e. The van der Waals surface area contributed by atoms with E-state index in [0.29, 0.717) is 23.0 Å². The molecule has 4 aromatic rings. The van der Waals surface area contributed by atoms with Gasteiger partial charge in [0.25, 0.3) is 0 Å². The van der Waals surface area contributed by atoms with Crippen LogP contribution in [0, 0.1) is 18.6 Å². The molecular formula is C20H15F2N5O. The summed E-state index contributed by atoms with van der Waals surface area (Å²) in [5, 5.41) is 7.35. The molecule has 6 nitrogen and oxygen atoms in total. The summed E-state index contributed by atoms with van der Waals surface area (Å²) in [5.74, 6) is -1.26. The Kier molecular flexibility index (Phi) is 3.55. The Morgan fingerprint density at radius 2 is 2.00 bits per heavy atom. The Hall–Kier alpha value is -3.55. The van der Waals surface area contributed by atoms with Crippen LogP contribution in [0.1, 0.15) is 29.2 Å². The summed E-state index contributed by atoms with van der Waals surface area (Å²) < 4.78 is 29.3. The first-order valence-electron chi connectivity index (χ1n) is 8.80. The van der Waals surface area contributed by atoms with Crippen molar-refractivity contribution in [1.82, 2.24) is 19.7 Å². The first kappa shape index (κ1) is 16.6. The first-order chi connectivity index (χ1) is 13.5. The number of benzene rings is 2. The van der Waals surface area contributed by atoms with E-state index >= 15 is 0 Å². The lowest BCUT2D eigenvalue weighted by atomic mass is 9.85. The molecule has 1 aliphatic rings. The Morgan fingerprint density at radius 1 is 1.18 bits per heavy atom. The molecule has 0 bridgehead atoms. The van der Waals surface area contributed by atoms with Crippen LogP contribution in [0.2, 0.25) is 0 Å². The van der Waals surface area contributed by atoms with E-state index < -0.39 is 17.6 Å². The minimum absolute atomic E-state index is 0.0578. The molecule has 5 rings (SSSR count). The predicted octanol–water partition coefficient (Wildman–Crippen LogP) is 3.81. The van der Waals surface area contributed by atoms with Crippen molar-refractivity contribution in [1.29, 1.82) is 0 Å². The molecule has 1 atom stereocenters. The van der Waals surface area contributed by atoms with Gasteiger partial charge in [-0.2, -0.15) is 9.78 Å². The number of anilines is 1. The summed E-state index contributed by atoms with van der Waals surface area (Å²) in [6, 6.07) is 11.0. The SMILES string of the molecule is Cc1nn(-c2nc3ccccc3[nH]2)c2c1[C@H](c1ccc(F)cc1F)CC(=O)N2. The minimum atomic E-state index is -0.679. The third-order valence-electron chi connectivity index (χ3n) is 5.02. The molecule has 8 heteroatoms. The van der Waals surface area contributed by atoms with Gasteiger partial charge in [-0.25, -0.2) is 13.8 Å². The first-order valence-corrected chi connectivity index (χ1v) is 8.80. The van der Waals surface area contributed by atoms with Gasteiger partial charge in [0.15, 0.2) is 0 Å². The molecule has 0 saturated carbocycles. The number of amides is 1. The summed E-state index contributed by atoms with van der Waals surface area (Å²) in [7, 11) is 0. The highest BCUT2D eigenvalue weighted by atomic mass is 19.1. The number of H-pyrrole nitrogens is 1. The Morgan fingerprint density at radius 3 is 2.79 bits per heavy atom. The topological polar surface area (TPSA) is 75.6 Å². The maximum Gasteiger partial charge on any atom is 0.231 e. The van der Waals surface area contributed by atoms with E-state index in [9.17, 15) is 13.6 Å². The molecule has 0 fully saturated rings. The lowest BCUT2D eigenvalue weighted by Gasteiger charge is -2.24. The number of imidazole rings is 1. The van der Waals surface area contributed by atoms with Gasteiger partial charge in [-0.15, -0.1) is 0 Å². The Bertz CT molecular complexity index is 1210. The normalized spacial score (nSPS) is 16.2. The maximum absolute atomic E-state index is 14.4. The fraction of sp³-hybridized carbons (Fsp3) is 0.150. The molecule has 2 aromatic heterocycles. The quantitative estimate of drug-likeness (QED) is 0.556. The summed E-state index contributed by atoms with van der Waals surface area (Å²) in [4.78, 5) is 20.1. The molecular weight excluding hydrogens is 364 g/mol. The van der Waals surface area contributed by atoms with Crippen LogP contribution >= 0.6 is 0 Å². The third kappa shape index (κ3) is 2.49. The van der Waals surface area contributed by atoms with Gasteiger partial charge in [0, 0.05) is 24.0 Å². The average molecular weight is 379 g/mol. The average Bonchev–Trinajstić information content (AvgIpc) is 3.22. The second kappa shape index (κ2) is 5.98. The monoisotopic (exact) mass is 379 g/mol. The zero-order chi connectivity index (χ0) is 19.4. The Labute approximate surface area is 158 Å². The maximum atomic E-state index is 14.4. The highest BCUT2D eigenvalue weighted by Gasteiger charge is 2.34. The fourth-order valence-corrected chi connectivity index (χ4v) is 3.79. The van der Waals surface area contributed by atoms with E-state index in [4.69, 9.17) is 0 Å². The number of halogens is 2. The van der Waals surface area contributed by atoms with E-state index in [1.807, 2.05) is 24.3 Å². The number of rotatable bonds is 2. The van der Waals surface area contributed by atoms with Crippen LogP contribution in [0.4, 0.5) is 14.6 Å². The number of aromatic amines is 1. The van der Waals surface area contributed by atoms with Gasteiger partial charge >= 0.3 is 0 Å². The fourth-order valence-electron chi connectivity index (χ4n) is 3.79. The van der Waals surface area contributed by atoms with Crippen molar-refractivity contribution in [3.63, 3.8) is 0 Å². The standard InChI is InChI=1S/C20H15F2N5O/c1-10-18-13(12-7-6-11(21)8-14(12)22)9-17(28)25-19(18)27(26-10)20-23-15-4-2-3-5-16(15)24-20/h2-8,13H,9H2,1H3,(H,23,24)(H,25,28)/t13-/m0/s1. The predicted molar refractivity (Wildman–Crippen MR) is 99.4 cm³/mol. The second-order valence-electron chi connectivity index (χ2n) is 6.81. The van der Waals surface area contributed by atoms with Crippen LogP contribution in [0.25, 0.3) is 17.0 Å². The molecule has 2 N–H and O–H groups in total. The number of hydrogen-bond acceptors (Lipinski definition) is 3. The molecule has 140 valence electrons. The van der Waals surface area contributed by atoms with Crippen LogP contribution in [0.5, 0.6) is 0 Å². The van der Waals surface area contributed by atoms with Crippen molar-refractivity contribution in [3.8, 4) is 5.95 Å². The number of fused-ring (bicyclic) bond motifs is 2. The number of carbonyl (C=O) groups excluding carboxylic acids is 1. The molecule has 2 aromatic carbocycles. The van der Waals surface area contributed by atoms with Crippen molar-refractivity contribution < 1.29 is 13.6 Å². The molecule has 1 amide bonds. The van der Waals surface area contributed by atoms with Crippen molar-refractivity contribution in [2.45, 2.75) is 19.3 Å². The molecule has 0 aliphatic carbocycles. The van der Waals surface area contributed by atoms with Crippen LogP contribution in [-0.2, 0) is 4.79 Å². The number of para-hydroxylation sites is 2. The zero-order valence-corrected chi connectivity index (χ0v) is 14.8. The van der Waals surface area contributed by atoms with E-state index in [1.54, 1.807) is 6.92 Å². The number of carbonyl (C=O) groups is 1. The van der Waals surface area contributed by atoms with Gasteiger partial charge in [-0.3, -0.25) is 4.79 Å². The van der Waals surface area contributed by atoms with Gasteiger partial charge in [0.05, 0.1) is 16.7 Å². The third-order valence-corrected chi connectivity index (χ3v) is 5.02. The van der Waals surface area contributed by atoms with Crippen LogP contribution in [0.3, 0.4) is 0 Å². The van der Waals surface area contributed by atoms with Crippen molar-refractivity contribution in [2.75, 3.05) is 5.32 Å². The summed E-state index contributed by atoms with van der Waals surface area (Å²) in [5.41, 5.74) is 3.21. The van der Waals surface area contributed by atoms with Crippen molar-refractivity contribution in [2.24, 2.45) is 0 Å². The highest BCUT2D eigenvalue weighted by Crippen LogP contribution is 2.40. The highest BCUT2D eigenvalue weighted by molar-refractivity contribution is 5.95. The molecule has 0 radical (unpaired) electrons. The Balaban J connectivity index is 1.69. The summed E-state index contributed by atoms with van der Waals surface area (Å²) in [6.07, 6.45) is 0.0578. The molecule has 0 unspecified atom stereocenters. The van der Waals surface area contributed by atoms with Gasteiger partial charge in [-0.05, 0) is 30.7 Å². The number of aromatic nitrogens is 4. The van der Waals surface area contributed by atoms with Crippen LogP contribution < -0.4 is 5.32 Å². The summed E-state index contributed by atoms with van der Waals surface area (Å²) >= 11 is 0. The number of hydrogen-bond donors (Lipinski definition) is 2. The lowest BCUT2D eigenvalue weighted by Crippen LogP contribution is -2.25. The van der Waals surface area contributed by atoms with E-state index in [2.05, 4.69) is 20.4 Å². The second-order valence-corrected chi connectivity index (χ2v) is 6.81. The minimum Gasteiger partial charge on any atom is -0.322 e.